The number of pyridine rings is 1. The minimum atomic E-state index is 0.386. The highest BCUT2D eigenvalue weighted by Crippen LogP contribution is 2.27. The summed E-state index contributed by atoms with van der Waals surface area (Å²) < 4.78 is 5.80. The van der Waals surface area contributed by atoms with Crippen LogP contribution < -0.4 is 16.0 Å². The fourth-order valence-electron chi connectivity index (χ4n) is 2.85. The molecule has 0 radical (unpaired) electrons. The molecule has 152 valence electrons. The molecule has 2 aromatic heterocycles. The van der Waals surface area contributed by atoms with E-state index in [2.05, 4.69) is 32.0 Å². The van der Waals surface area contributed by atoms with Gasteiger partial charge in [0.05, 0.1) is 17.8 Å². The van der Waals surface area contributed by atoms with Crippen LogP contribution in [0.5, 0.6) is 0 Å². The first-order valence-electron chi connectivity index (χ1n) is 9.43. The minimum absolute atomic E-state index is 0.386. The van der Waals surface area contributed by atoms with E-state index < -0.39 is 0 Å². The molecule has 3 N–H and O–H groups in total. The van der Waals surface area contributed by atoms with Crippen molar-refractivity contribution in [2.75, 3.05) is 16.0 Å². The highest BCUT2D eigenvalue weighted by Gasteiger charge is 2.09. The third-order valence-corrected chi connectivity index (χ3v) is 4.66. The maximum absolute atomic E-state index is 8.89. The quantitative estimate of drug-likeness (QED) is 0.361. The number of thiocarbonyl (C=S) groups is 1. The second-order valence-corrected chi connectivity index (χ2v) is 7.10. The second kappa shape index (κ2) is 9.07. The van der Waals surface area contributed by atoms with Crippen molar-refractivity contribution in [1.29, 1.82) is 5.26 Å². The van der Waals surface area contributed by atoms with Crippen LogP contribution in [-0.4, -0.2) is 15.1 Å². The van der Waals surface area contributed by atoms with Gasteiger partial charge in [-0.3, -0.25) is 4.98 Å². The van der Waals surface area contributed by atoms with Crippen molar-refractivity contribution in [2.45, 2.75) is 6.92 Å². The molecule has 0 amide bonds. The molecular formula is C23H18N6OS. The summed E-state index contributed by atoms with van der Waals surface area (Å²) in [6.45, 7) is 1.99. The van der Waals surface area contributed by atoms with Gasteiger partial charge in [0.2, 0.25) is 0 Å². The molecular weight excluding hydrogens is 408 g/mol. The molecule has 2 heterocycles. The number of oxazole rings is 1. The van der Waals surface area contributed by atoms with Crippen molar-refractivity contribution in [1.82, 2.24) is 9.97 Å². The van der Waals surface area contributed by atoms with Crippen LogP contribution in [0.25, 0.3) is 11.3 Å². The van der Waals surface area contributed by atoms with E-state index >= 15 is 0 Å². The van der Waals surface area contributed by atoms with Crippen LogP contribution in [0.4, 0.5) is 23.1 Å². The number of hydrogen-bond donors (Lipinski definition) is 3. The van der Waals surface area contributed by atoms with E-state index in [-0.39, 0.29) is 0 Å². The molecule has 0 spiro atoms. The monoisotopic (exact) mass is 426 g/mol. The SMILES string of the molecule is Cc1ccc(NC(=S)Nc2ccc(C#N)cc2)cc1Nc1ncc(-c2cccnc2)o1. The van der Waals surface area contributed by atoms with Gasteiger partial charge in [0.15, 0.2) is 10.9 Å². The van der Waals surface area contributed by atoms with E-state index in [0.717, 1.165) is 28.2 Å². The van der Waals surface area contributed by atoms with E-state index in [0.29, 0.717) is 22.5 Å². The Morgan fingerprint density at radius 3 is 2.55 bits per heavy atom. The molecule has 31 heavy (non-hydrogen) atoms. The molecule has 0 aliphatic heterocycles. The third-order valence-electron chi connectivity index (χ3n) is 4.46. The van der Waals surface area contributed by atoms with Crippen LogP contribution in [0.3, 0.4) is 0 Å². The van der Waals surface area contributed by atoms with E-state index in [4.69, 9.17) is 21.9 Å². The zero-order valence-electron chi connectivity index (χ0n) is 16.6. The number of nitrogens with zero attached hydrogens (tertiary/aromatic N) is 3. The van der Waals surface area contributed by atoms with Gasteiger partial charge in [-0.05, 0) is 73.2 Å². The molecule has 0 fully saturated rings. The summed E-state index contributed by atoms with van der Waals surface area (Å²) in [4.78, 5) is 8.40. The zero-order chi connectivity index (χ0) is 21.6. The summed E-state index contributed by atoms with van der Waals surface area (Å²) in [6.07, 6.45) is 5.09. The van der Waals surface area contributed by atoms with Crippen LogP contribution in [0.1, 0.15) is 11.1 Å². The first-order valence-corrected chi connectivity index (χ1v) is 9.83. The summed E-state index contributed by atoms with van der Waals surface area (Å²) in [5.74, 6) is 0.635. The Hall–Kier alpha value is -4.22. The Morgan fingerprint density at radius 1 is 1.03 bits per heavy atom. The van der Waals surface area contributed by atoms with Crippen LogP contribution in [-0.2, 0) is 0 Å². The topological polar surface area (TPSA) is 98.8 Å². The van der Waals surface area contributed by atoms with Gasteiger partial charge in [-0.15, -0.1) is 0 Å². The lowest BCUT2D eigenvalue weighted by Gasteiger charge is -2.13. The smallest absolute Gasteiger partial charge is 0.299 e. The summed E-state index contributed by atoms with van der Waals surface area (Å²) in [7, 11) is 0. The zero-order valence-corrected chi connectivity index (χ0v) is 17.4. The normalized spacial score (nSPS) is 10.2. The summed E-state index contributed by atoms with van der Waals surface area (Å²) >= 11 is 5.40. The van der Waals surface area contributed by atoms with E-state index in [9.17, 15) is 0 Å². The molecule has 0 saturated heterocycles. The van der Waals surface area contributed by atoms with Gasteiger partial charge in [-0.1, -0.05) is 6.07 Å². The fraction of sp³-hybridized carbons (Fsp3) is 0.0435. The lowest BCUT2D eigenvalue weighted by atomic mass is 10.2. The molecule has 8 heteroatoms. The molecule has 4 rings (SSSR count). The van der Waals surface area contributed by atoms with Crippen molar-refractivity contribution in [3.8, 4) is 17.4 Å². The molecule has 0 saturated carbocycles. The maximum atomic E-state index is 8.89. The predicted molar refractivity (Wildman–Crippen MR) is 125 cm³/mol. The highest BCUT2D eigenvalue weighted by atomic mass is 32.1. The summed E-state index contributed by atoms with van der Waals surface area (Å²) in [6, 6.07) is 19.1. The lowest BCUT2D eigenvalue weighted by Crippen LogP contribution is -2.19. The second-order valence-electron chi connectivity index (χ2n) is 6.69. The Kier molecular flexibility index (Phi) is 5.87. The van der Waals surface area contributed by atoms with Gasteiger partial charge in [0, 0.05) is 35.0 Å². The fourth-order valence-corrected chi connectivity index (χ4v) is 3.08. The van der Waals surface area contributed by atoms with Crippen molar-refractivity contribution in [3.63, 3.8) is 0 Å². The van der Waals surface area contributed by atoms with Gasteiger partial charge >= 0.3 is 0 Å². The summed E-state index contributed by atoms with van der Waals surface area (Å²) in [5, 5.41) is 18.8. The number of aryl methyl sites for hydroxylation is 1. The number of benzene rings is 2. The van der Waals surface area contributed by atoms with Crippen LogP contribution in [0.2, 0.25) is 0 Å². The van der Waals surface area contributed by atoms with E-state index in [1.807, 2.05) is 37.3 Å². The molecule has 0 bridgehead atoms. The average molecular weight is 427 g/mol. The van der Waals surface area contributed by atoms with Crippen molar-refractivity contribution < 1.29 is 4.42 Å². The Bertz CT molecular complexity index is 1250. The van der Waals surface area contributed by atoms with E-state index in [1.165, 1.54) is 0 Å². The van der Waals surface area contributed by atoms with Gasteiger partial charge in [-0.2, -0.15) is 5.26 Å². The molecule has 0 atom stereocenters. The molecule has 0 aliphatic rings. The van der Waals surface area contributed by atoms with Crippen molar-refractivity contribution >= 4 is 40.4 Å². The number of hydrogen-bond acceptors (Lipinski definition) is 6. The van der Waals surface area contributed by atoms with E-state index in [1.54, 1.807) is 42.9 Å². The van der Waals surface area contributed by atoms with Gasteiger partial charge in [0.25, 0.3) is 6.01 Å². The molecule has 0 unspecified atom stereocenters. The first kappa shape index (κ1) is 20.1. The standard InChI is InChI=1S/C23H18N6OS/c1-15-4-7-19(28-23(31)27-18-8-5-16(12-24)6-9-18)11-20(15)29-22-26-14-21(30-22)17-3-2-10-25-13-17/h2-11,13-14H,1H3,(H,26,29)(H2,27,28,31). The Balaban J connectivity index is 1.44. The lowest BCUT2D eigenvalue weighted by molar-refractivity contribution is 0.591. The van der Waals surface area contributed by atoms with Crippen LogP contribution in [0, 0.1) is 18.3 Å². The van der Waals surface area contributed by atoms with Gasteiger partial charge in [-0.25, -0.2) is 4.98 Å². The maximum Gasteiger partial charge on any atom is 0.299 e. The Labute approximate surface area is 184 Å². The molecule has 2 aromatic carbocycles. The number of aromatic nitrogens is 2. The summed E-state index contributed by atoms with van der Waals surface area (Å²) in [5.41, 5.74) is 4.91. The van der Waals surface area contributed by atoms with Gasteiger partial charge in [0.1, 0.15) is 0 Å². The van der Waals surface area contributed by atoms with Crippen LogP contribution >= 0.6 is 12.2 Å². The number of anilines is 4. The minimum Gasteiger partial charge on any atom is -0.423 e. The number of rotatable bonds is 5. The largest absolute Gasteiger partial charge is 0.423 e. The van der Waals surface area contributed by atoms with Crippen LogP contribution in [0.15, 0.2) is 77.6 Å². The molecule has 0 aliphatic carbocycles. The third kappa shape index (κ3) is 5.04. The Morgan fingerprint density at radius 2 is 1.81 bits per heavy atom. The van der Waals surface area contributed by atoms with Crippen molar-refractivity contribution in [2.24, 2.45) is 0 Å². The molecule has 4 aromatic rings. The average Bonchev–Trinajstić information content (AvgIpc) is 3.26. The molecule has 7 nitrogen and oxygen atoms in total. The van der Waals surface area contributed by atoms with Crippen molar-refractivity contribution in [3.05, 3.63) is 84.3 Å². The first-order chi connectivity index (χ1) is 15.1. The number of nitrogens with one attached hydrogen (secondary N) is 3. The predicted octanol–water partition coefficient (Wildman–Crippen LogP) is 5.47. The number of nitriles is 1. The van der Waals surface area contributed by atoms with Gasteiger partial charge < -0.3 is 20.4 Å². The highest BCUT2D eigenvalue weighted by molar-refractivity contribution is 7.80.